The monoisotopic (exact) mass is 376 g/mol. The Hall–Kier alpha value is -2.12. The standard InChI is InChI=1S/C15H10BrFN4S/c16-13-7-2-1-6-12(13)14-19-20-15(22)21(14)18-9-10-4-3-5-11(17)8-10/h1-9H,(H,20,22)/b18-9-. The number of aromatic amines is 1. The normalized spacial score (nSPS) is 11.2. The van der Waals surface area contributed by atoms with Crippen molar-refractivity contribution in [2.75, 3.05) is 0 Å². The highest BCUT2D eigenvalue weighted by atomic mass is 79.9. The van der Waals surface area contributed by atoms with Crippen LogP contribution < -0.4 is 0 Å². The minimum atomic E-state index is -0.314. The van der Waals surface area contributed by atoms with Gasteiger partial charge < -0.3 is 0 Å². The molecule has 0 spiro atoms. The molecule has 0 aliphatic rings. The Morgan fingerprint density at radius 1 is 1.23 bits per heavy atom. The molecule has 0 amide bonds. The number of aromatic nitrogens is 3. The highest BCUT2D eigenvalue weighted by molar-refractivity contribution is 9.10. The number of hydrogen-bond acceptors (Lipinski definition) is 3. The minimum absolute atomic E-state index is 0.314. The second-order valence-electron chi connectivity index (χ2n) is 4.44. The van der Waals surface area contributed by atoms with E-state index in [1.54, 1.807) is 12.1 Å². The topological polar surface area (TPSA) is 46.0 Å². The van der Waals surface area contributed by atoms with E-state index in [0.29, 0.717) is 16.2 Å². The molecule has 0 aliphatic heterocycles. The smallest absolute Gasteiger partial charge is 0.216 e. The molecule has 0 saturated heterocycles. The predicted molar refractivity (Wildman–Crippen MR) is 89.9 cm³/mol. The third kappa shape index (κ3) is 3.05. The Balaban J connectivity index is 2.04. The number of benzene rings is 2. The van der Waals surface area contributed by atoms with Crippen LogP contribution in [0.15, 0.2) is 58.1 Å². The van der Waals surface area contributed by atoms with Crippen molar-refractivity contribution in [3.05, 3.63) is 69.2 Å². The number of nitrogens with zero attached hydrogens (tertiary/aromatic N) is 3. The van der Waals surface area contributed by atoms with Crippen LogP contribution in [-0.4, -0.2) is 21.1 Å². The van der Waals surface area contributed by atoms with Crippen LogP contribution in [0.25, 0.3) is 11.4 Å². The predicted octanol–water partition coefficient (Wildman–Crippen LogP) is 4.39. The van der Waals surface area contributed by atoms with Gasteiger partial charge in [-0.15, -0.1) is 0 Å². The van der Waals surface area contributed by atoms with Crippen LogP contribution in [0.3, 0.4) is 0 Å². The first kappa shape index (κ1) is 14.8. The summed E-state index contributed by atoms with van der Waals surface area (Å²) in [6.45, 7) is 0. The van der Waals surface area contributed by atoms with Crippen LogP contribution in [0.2, 0.25) is 0 Å². The summed E-state index contributed by atoms with van der Waals surface area (Å²) in [4.78, 5) is 0. The summed E-state index contributed by atoms with van der Waals surface area (Å²) in [5.74, 6) is 0.260. The van der Waals surface area contributed by atoms with E-state index >= 15 is 0 Å². The van der Waals surface area contributed by atoms with Crippen LogP contribution in [0, 0.1) is 10.6 Å². The zero-order valence-electron chi connectivity index (χ0n) is 11.2. The molecule has 1 N–H and O–H groups in total. The van der Waals surface area contributed by atoms with Crippen molar-refractivity contribution in [3.8, 4) is 11.4 Å². The minimum Gasteiger partial charge on any atom is -0.250 e. The van der Waals surface area contributed by atoms with Crippen LogP contribution in [-0.2, 0) is 0 Å². The van der Waals surface area contributed by atoms with Crippen molar-refractivity contribution >= 4 is 34.4 Å². The molecule has 0 fully saturated rings. The quantitative estimate of drug-likeness (QED) is 0.544. The molecule has 0 aliphatic carbocycles. The molecule has 1 heterocycles. The molecule has 110 valence electrons. The molecule has 1 aromatic heterocycles. The summed E-state index contributed by atoms with van der Waals surface area (Å²) in [6.07, 6.45) is 1.54. The Morgan fingerprint density at radius 3 is 2.82 bits per heavy atom. The molecule has 3 aromatic rings. The Labute approximate surface area is 139 Å². The lowest BCUT2D eigenvalue weighted by Gasteiger charge is -2.03. The first-order chi connectivity index (χ1) is 10.6. The molecule has 22 heavy (non-hydrogen) atoms. The maximum Gasteiger partial charge on any atom is 0.216 e. The van der Waals surface area contributed by atoms with Crippen molar-refractivity contribution < 1.29 is 4.39 Å². The Kier molecular flexibility index (Phi) is 4.26. The molecule has 2 aromatic carbocycles. The molecular weight excluding hydrogens is 367 g/mol. The number of nitrogens with one attached hydrogen (secondary N) is 1. The lowest BCUT2D eigenvalue weighted by Crippen LogP contribution is -1.95. The number of H-pyrrole nitrogens is 1. The van der Waals surface area contributed by atoms with E-state index in [-0.39, 0.29) is 5.82 Å². The van der Waals surface area contributed by atoms with E-state index in [1.165, 1.54) is 23.0 Å². The van der Waals surface area contributed by atoms with E-state index in [1.807, 2.05) is 24.3 Å². The lowest BCUT2D eigenvalue weighted by atomic mass is 10.2. The third-order valence-corrected chi connectivity index (χ3v) is 3.89. The summed E-state index contributed by atoms with van der Waals surface area (Å²) < 4.78 is 15.9. The maximum atomic E-state index is 13.2. The van der Waals surface area contributed by atoms with Gasteiger partial charge in [-0.25, -0.2) is 9.49 Å². The molecule has 0 saturated carbocycles. The molecule has 0 bridgehead atoms. The van der Waals surface area contributed by atoms with Gasteiger partial charge in [0.15, 0.2) is 5.82 Å². The SMILES string of the molecule is Fc1cccc(/C=N\n2c(-c3ccccc3Br)n[nH]c2=S)c1. The summed E-state index contributed by atoms with van der Waals surface area (Å²) in [7, 11) is 0. The van der Waals surface area contributed by atoms with Crippen LogP contribution in [0.4, 0.5) is 4.39 Å². The molecular formula is C15H10BrFN4S. The summed E-state index contributed by atoms with van der Waals surface area (Å²) >= 11 is 8.68. The van der Waals surface area contributed by atoms with Crippen molar-refractivity contribution in [1.29, 1.82) is 0 Å². The molecule has 0 radical (unpaired) electrons. The fourth-order valence-corrected chi connectivity index (χ4v) is 2.57. The maximum absolute atomic E-state index is 13.2. The first-order valence-corrected chi connectivity index (χ1v) is 7.57. The Morgan fingerprint density at radius 2 is 2.05 bits per heavy atom. The fourth-order valence-electron chi connectivity index (χ4n) is 1.93. The van der Waals surface area contributed by atoms with Gasteiger partial charge in [-0.1, -0.05) is 40.2 Å². The van der Waals surface area contributed by atoms with E-state index < -0.39 is 0 Å². The first-order valence-electron chi connectivity index (χ1n) is 6.37. The third-order valence-electron chi connectivity index (χ3n) is 2.94. The van der Waals surface area contributed by atoms with Gasteiger partial charge >= 0.3 is 0 Å². The highest BCUT2D eigenvalue weighted by Crippen LogP contribution is 2.26. The zero-order chi connectivity index (χ0) is 15.5. The van der Waals surface area contributed by atoms with Crippen LogP contribution >= 0.6 is 28.1 Å². The van der Waals surface area contributed by atoms with Gasteiger partial charge in [-0.05, 0) is 42.0 Å². The molecule has 4 nitrogen and oxygen atoms in total. The van der Waals surface area contributed by atoms with Crippen molar-refractivity contribution in [1.82, 2.24) is 14.9 Å². The molecule has 7 heteroatoms. The van der Waals surface area contributed by atoms with Gasteiger partial charge in [0.25, 0.3) is 0 Å². The van der Waals surface area contributed by atoms with Gasteiger partial charge in [-0.3, -0.25) is 0 Å². The zero-order valence-corrected chi connectivity index (χ0v) is 13.6. The average molecular weight is 377 g/mol. The largest absolute Gasteiger partial charge is 0.250 e. The van der Waals surface area contributed by atoms with Gasteiger partial charge in [0.1, 0.15) is 5.82 Å². The van der Waals surface area contributed by atoms with Gasteiger partial charge in [0, 0.05) is 10.0 Å². The van der Waals surface area contributed by atoms with E-state index in [2.05, 4.69) is 31.2 Å². The average Bonchev–Trinajstić information content (AvgIpc) is 2.87. The lowest BCUT2D eigenvalue weighted by molar-refractivity contribution is 0.627. The summed E-state index contributed by atoms with van der Waals surface area (Å²) in [5.41, 5.74) is 1.49. The fraction of sp³-hybridized carbons (Fsp3) is 0. The van der Waals surface area contributed by atoms with E-state index in [0.717, 1.165) is 10.0 Å². The Bertz CT molecular complexity index is 900. The van der Waals surface area contributed by atoms with Gasteiger partial charge in [-0.2, -0.15) is 14.9 Å². The van der Waals surface area contributed by atoms with E-state index in [4.69, 9.17) is 12.2 Å². The van der Waals surface area contributed by atoms with Crippen molar-refractivity contribution in [2.24, 2.45) is 5.10 Å². The van der Waals surface area contributed by atoms with Crippen molar-refractivity contribution in [2.45, 2.75) is 0 Å². The molecule has 3 rings (SSSR count). The molecule has 0 unspecified atom stereocenters. The van der Waals surface area contributed by atoms with Crippen LogP contribution in [0.5, 0.6) is 0 Å². The second kappa shape index (κ2) is 6.33. The summed E-state index contributed by atoms with van der Waals surface area (Å²) in [5, 5.41) is 11.2. The summed E-state index contributed by atoms with van der Waals surface area (Å²) in [6, 6.07) is 13.8. The molecule has 0 atom stereocenters. The van der Waals surface area contributed by atoms with E-state index in [9.17, 15) is 4.39 Å². The number of rotatable bonds is 3. The number of hydrogen-bond donors (Lipinski definition) is 1. The van der Waals surface area contributed by atoms with Crippen molar-refractivity contribution in [3.63, 3.8) is 0 Å². The van der Waals surface area contributed by atoms with Gasteiger partial charge in [0.2, 0.25) is 4.77 Å². The number of halogens is 2. The highest BCUT2D eigenvalue weighted by Gasteiger charge is 2.10. The second-order valence-corrected chi connectivity index (χ2v) is 5.68. The van der Waals surface area contributed by atoms with Gasteiger partial charge in [0.05, 0.1) is 6.21 Å². The van der Waals surface area contributed by atoms with Crippen LogP contribution in [0.1, 0.15) is 5.56 Å².